The molecule has 2 bridgehead atoms. The number of aliphatic hydroxyl groups excluding tert-OH is 1. The third-order valence-corrected chi connectivity index (χ3v) is 4.17. The maximum absolute atomic E-state index is 13.8. The van der Waals surface area contributed by atoms with Crippen LogP contribution in [0.3, 0.4) is 0 Å². The second-order valence-electron chi connectivity index (χ2n) is 5.33. The highest BCUT2D eigenvalue weighted by atomic mass is 19.1. The van der Waals surface area contributed by atoms with Crippen molar-refractivity contribution in [3.8, 4) is 0 Å². The third kappa shape index (κ3) is 1.73. The van der Waals surface area contributed by atoms with E-state index in [1.54, 1.807) is 13.0 Å². The van der Waals surface area contributed by atoms with Crippen LogP contribution in [-0.2, 0) is 0 Å². The summed E-state index contributed by atoms with van der Waals surface area (Å²) in [4.78, 5) is 2.29. The Hall–Kier alpha value is -1.09. The van der Waals surface area contributed by atoms with Crippen molar-refractivity contribution in [2.45, 2.75) is 38.3 Å². The summed E-state index contributed by atoms with van der Waals surface area (Å²) >= 11 is 0. The van der Waals surface area contributed by atoms with E-state index in [0.717, 1.165) is 18.2 Å². The molecule has 0 radical (unpaired) electrons. The third-order valence-electron chi connectivity index (χ3n) is 4.17. The quantitative estimate of drug-likeness (QED) is 0.852. The Labute approximate surface area is 101 Å². The number of piperidine rings is 1. The van der Waals surface area contributed by atoms with Crippen LogP contribution in [0.25, 0.3) is 0 Å². The second kappa shape index (κ2) is 3.98. The topological polar surface area (TPSA) is 23.5 Å². The van der Waals surface area contributed by atoms with Crippen molar-refractivity contribution >= 4 is 5.69 Å². The molecule has 92 valence electrons. The van der Waals surface area contributed by atoms with Crippen molar-refractivity contribution < 1.29 is 9.50 Å². The lowest BCUT2D eigenvalue weighted by Gasteiger charge is -2.31. The van der Waals surface area contributed by atoms with Crippen molar-refractivity contribution in [1.82, 2.24) is 0 Å². The minimum Gasteiger partial charge on any atom is -0.389 e. The number of anilines is 1. The minimum absolute atomic E-state index is 0.291. The molecular formula is C14H18FNO. The Bertz CT molecular complexity index is 432. The molecule has 1 aromatic carbocycles. The van der Waals surface area contributed by atoms with E-state index in [1.807, 2.05) is 6.07 Å². The van der Waals surface area contributed by atoms with Crippen LogP contribution in [0.2, 0.25) is 0 Å². The van der Waals surface area contributed by atoms with Gasteiger partial charge in [0.2, 0.25) is 0 Å². The number of hydrogen-bond acceptors (Lipinski definition) is 2. The number of fused-ring (bicyclic) bond motifs is 2. The van der Waals surface area contributed by atoms with Gasteiger partial charge in [0.1, 0.15) is 5.82 Å². The fourth-order valence-electron chi connectivity index (χ4n) is 3.41. The van der Waals surface area contributed by atoms with Crippen LogP contribution < -0.4 is 4.90 Å². The van der Waals surface area contributed by atoms with E-state index in [9.17, 15) is 9.50 Å². The summed E-state index contributed by atoms with van der Waals surface area (Å²) in [6.45, 7) is 2.66. The average Bonchev–Trinajstić information content (AvgIpc) is 2.89. The fourth-order valence-corrected chi connectivity index (χ4v) is 3.41. The van der Waals surface area contributed by atoms with Gasteiger partial charge < -0.3 is 10.0 Å². The first-order chi connectivity index (χ1) is 8.16. The molecule has 0 amide bonds. The largest absolute Gasteiger partial charge is 0.389 e. The maximum Gasteiger partial charge on any atom is 0.131 e. The normalized spacial score (nSPS) is 28.8. The van der Waals surface area contributed by atoms with Crippen molar-refractivity contribution in [3.05, 3.63) is 29.6 Å². The van der Waals surface area contributed by atoms with Gasteiger partial charge in [-0.25, -0.2) is 4.39 Å². The summed E-state index contributed by atoms with van der Waals surface area (Å²) in [7, 11) is 0. The first kappa shape index (κ1) is 11.0. The summed E-state index contributed by atoms with van der Waals surface area (Å²) in [6, 6.07) is 5.66. The van der Waals surface area contributed by atoms with Gasteiger partial charge in [0, 0.05) is 23.8 Å². The second-order valence-corrected chi connectivity index (χ2v) is 5.33. The molecule has 2 nitrogen and oxygen atoms in total. The molecule has 0 aromatic heterocycles. The molecule has 1 heterocycles. The smallest absolute Gasteiger partial charge is 0.131 e. The van der Waals surface area contributed by atoms with E-state index < -0.39 is 6.10 Å². The molecule has 1 aromatic rings. The first-order valence-electron chi connectivity index (χ1n) is 6.40. The number of halogens is 1. The van der Waals surface area contributed by atoms with Crippen molar-refractivity contribution in [1.29, 1.82) is 0 Å². The molecule has 3 rings (SSSR count). The molecule has 1 N–H and O–H groups in total. The summed E-state index contributed by atoms with van der Waals surface area (Å²) in [5.41, 5.74) is 1.35. The van der Waals surface area contributed by atoms with Gasteiger partial charge in [-0.05, 0) is 44.2 Å². The van der Waals surface area contributed by atoms with E-state index in [4.69, 9.17) is 0 Å². The van der Waals surface area contributed by atoms with Crippen LogP contribution in [0.5, 0.6) is 0 Å². The SMILES string of the molecule is C[C@@H](O)c1c(F)cccc1N1CC2CCC1C2. The zero-order chi connectivity index (χ0) is 12.0. The van der Waals surface area contributed by atoms with Gasteiger partial charge in [0.25, 0.3) is 0 Å². The van der Waals surface area contributed by atoms with E-state index in [2.05, 4.69) is 4.90 Å². The summed E-state index contributed by atoms with van der Waals surface area (Å²) < 4.78 is 13.8. The molecule has 3 heteroatoms. The van der Waals surface area contributed by atoms with Gasteiger partial charge >= 0.3 is 0 Å². The summed E-state index contributed by atoms with van der Waals surface area (Å²) in [5, 5.41) is 9.75. The van der Waals surface area contributed by atoms with Gasteiger partial charge in [0.15, 0.2) is 0 Å². The Balaban J connectivity index is 2.00. The number of aliphatic hydroxyl groups is 1. The highest BCUT2D eigenvalue weighted by molar-refractivity contribution is 5.57. The molecule has 0 spiro atoms. The maximum atomic E-state index is 13.8. The average molecular weight is 235 g/mol. The predicted molar refractivity (Wildman–Crippen MR) is 65.5 cm³/mol. The van der Waals surface area contributed by atoms with E-state index in [-0.39, 0.29) is 5.82 Å². The molecule has 1 aliphatic heterocycles. The van der Waals surface area contributed by atoms with Crippen LogP contribution in [0.4, 0.5) is 10.1 Å². The minimum atomic E-state index is -0.745. The van der Waals surface area contributed by atoms with E-state index >= 15 is 0 Å². The van der Waals surface area contributed by atoms with E-state index in [1.165, 1.54) is 25.3 Å². The Morgan fingerprint density at radius 1 is 1.41 bits per heavy atom. The van der Waals surface area contributed by atoms with E-state index in [0.29, 0.717) is 11.6 Å². The van der Waals surface area contributed by atoms with Crippen LogP contribution in [0, 0.1) is 11.7 Å². The molecule has 17 heavy (non-hydrogen) atoms. The molecule has 1 saturated heterocycles. The van der Waals surface area contributed by atoms with Crippen LogP contribution in [-0.4, -0.2) is 17.7 Å². The molecule has 1 aliphatic carbocycles. The lowest BCUT2D eigenvalue weighted by atomic mass is 10.0. The number of rotatable bonds is 2. The Morgan fingerprint density at radius 3 is 2.82 bits per heavy atom. The van der Waals surface area contributed by atoms with Gasteiger partial charge in [-0.3, -0.25) is 0 Å². The molecular weight excluding hydrogens is 217 g/mol. The Morgan fingerprint density at radius 2 is 2.24 bits per heavy atom. The van der Waals surface area contributed by atoms with Crippen LogP contribution in [0.1, 0.15) is 37.9 Å². The zero-order valence-corrected chi connectivity index (χ0v) is 10.1. The molecule has 1 saturated carbocycles. The fraction of sp³-hybridized carbons (Fsp3) is 0.571. The highest BCUT2D eigenvalue weighted by Crippen LogP contribution is 2.42. The standard InChI is InChI=1S/C14H18FNO/c1-9(17)14-12(15)3-2-4-13(14)16-8-10-5-6-11(16)7-10/h2-4,9-11,17H,5-8H2,1H3/t9-,10?,11?/m1/s1. The number of benzene rings is 1. The molecule has 3 atom stereocenters. The van der Waals surface area contributed by atoms with Crippen LogP contribution in [0.15, 0.2) is 18.2 Å². The molecule has 2 fully saturated rings. The van der Waals surface area contributed by atoms with Gasteiger partial charge in [-0.15, -0.1) is 0 Å². The molecule has 2 aliphatic rings. The lowest BCUT2D eigenvalue weighted by molar-refractivity contribution is 0.194. The number of nitrogens with zero attached hydrogens (tertiary/aromatic N) is 1. The first-order valence-corrected chi connectivity index (χ1v) is 6.40. The van der Waals surface area contributed by atoms with Crippen molar-refractivity contribution in [2.24, 2.45) is 5.92 Å². The highest BCUT2D eigenvalue weighted by Gasteiger charge is 2.39. The van der Waals surface area contributed by atoms with Gasteiger partial charge in [-0.2, -0.15) is 0 Å². The Kier molecular flexibility index (Phi) is 2.58. The summed E-state index contributed by atoms with van der Waals surface area (Å²) in [6.07, 6.45) is 3.00. The van der Waals surface area contributed by atoms with Gasteiger partial charge in [-0.1, -0.05) is 6.07 Å². The predicted octanol–water partition coefficient (Wildman–Crippen LogP) is 2.87. The van der Waals surface area contributed by atoms with Gasteiger partial charge in [0.05, 0.1) is 6.10 Å². The zero-order valence-electron chi connectivity index (χ0n) is 10.1. The lowest BCUT2D eigenvalue weighted by Crippen LogP contribution is -2.33. The van der Waals surface area contributed by atoms with Crippen LogP contribution >= 0.6 is 0 Å². The van der Waals surface area contributed by atoms with Crippen molar-refractivity contribution in [3.63, 3.8) is 0 Å². The number of hydrogen-bond donors (Lipinski definition) is 1. The van der Waals surface area contributed by atoms with Crippen molar-refractivity contribution in [2.75, 3.05) is 11.4 Å². The molecule has 2 unspecified atom stereocenters. The summed E-state index contributed by atoms with van der Waals surface area (Å²) in [5.74, 6) is 0.477. The monoisotopic (exact) mass is 235 g/mol.